The SMILES string of the molecule is Cc1ccncc1NC(=O)N[C@@H](Cc1cnc[nH]1)C(=O)O. The van der Waals surface area contributed by atoms with Crippen molar-refractivity contribution < 1.29 is 14.7 Å². The van der Waals surface area contributed by atoms with Crippen LogP contribution in [-0.4, -0.2) is 38.1 Å². The first-order chi connectivity index (χ1) is 10.1. The summed E-state index contributed by atoms with van der Waals surface area (Å²) in [6.07, 6.45) is 6.19. The van der Waals surface area contributed by atoms with Crippen LogP contribution >= 0.6 is 0 Å². The van der Waals surface area contributed by atoms with Crippen LogP contribution in [0.15, 0.2) is 31.0 Å². The molecule has 0 bridgehead atoms. The second-order valence-corrected chi connectivity index (χ2v) is 4.46. The Labute approximate surface area is 120 Å². The van der Waals surface area contributed by atoms with Crippen LogP contribution in [-0.2, 0) is 11.2 Å². The predicted octanol–water partition coefficient (Wildman–Crippen LogP) is 0.931. The molecule has 0 spiro atoms. The average Bonchev–Trinajstić information content (AvgIpc) is 2.93. The smallest absolute Gasteiger partial charge is 0.326 e. The van der Waals surface area contributed by atoms with Crippen LogP contribution in [0.4, 0.5) is 10.5 Å². The minimum atomic E-state index is -1.12. The lowest BCUT2D eigenvalue weighted by Gasteiger charge is -2.15. The van der Waals surface area contributed by atoms with E-state index in [1.165, 1.54) is 18.7 Å². The fourth-order valence-corrected chi connectivity index (χ4v) is 1.73. The summed E-state index contributed by atoms with van der Waals surface area (Å²) < 4.78 is 0. The maximum Gasteiger partial charge on any atom is 0.326 e. The highest BCUT2D eigenvalue weighted by atomic mass is 16.4. The minimum Gasteiger partial charge on any atom is -0.480 e. The Morgan fingerprint density at radius 2 is 2.19 bits per heavy atom. The number of aryl methyl sites for hydroxylation is 1. The van der Waals surface area contributed by atoms with Crippen LogP contribution in [0.1, 0.15) is 11.3 Å². The molecule has 0 saturated heterocycles. The van der Waals surface area contributed by atoms with Crippen LogP contribution in [0, 0.1) is 6.92 Å². The van der Waals surface area contributed by atoms with E-state index in [0.717, 1.165) is 5.56 Å². The molecule has 8 nitrogen and oxygen atoms in total. The summed E-state index contributed by atoms with van der Waals surface area (Å²) in [5, 5.41) is 14.1. The number of carboxylic acids is 1. The molecule has 2 rings (SSSR count). The van der Waals surface area contributed by atoms with Crippen molar-refractivity contribution in [1.82, 2.24) is 20.3 Å². The van der Waals surface area contributed by atoms with E-state index >= 15 is 0 Å². The standard InChI is InChI=1S/C13H15N5O3/c1-8-2-3-14-6-11(8)18-13(21)17-10(12(19)20)4-9-5-15-7-16-9/h2-3,5-7,10H,4H2,1H3,(H,15,16)(H,19,20)(H2,17,18,21)/t10-/m0/s1. The van der Waals surface area contributed by atoms with Gasteiger partial charge in [0.1, 0.15) is 6.04 Å². The molecule has 8 heteroatoms. The Hall–Kier alpha value is -2.90. The Bertz CT molecular complexity index is 626. The van der Waals surface area contributed by atoms with E-state index in [2.05, 4.69) is 25.6 Å². The number of rotatable bonds is 5. The van der Waals surface area contributed by atoms with Crippen LogP contribution in [0.5, 0.6) is 0 Å². The number of carbonyl (C=O) groups excluding carboxylic acids is 1. The van der Waals surface area contributed by atoms with Crippen molar-refractivity contribution in [2.24, 2.45) is 0 Å². The van der Waals surface area contributed by atoms with Gasteiger partial charge in [0.25, 0.3) is 0 Å². The number of hydrogen-bond acceptors (Lipinski definition) is 4. The zero-order valence-corrected chi connectivity index (χ0v) is 11.3. The van der Waals surface area contributed by atoms with Gasteiger partial charge in [-0.25, -0.2) is 14.6 Å². The molecule has 2 aromatic rings. The molecule has 4 N–H and O–H groups in total. The Kier molecular flexibility index (Phi) is 4.50. The number of nitrogens with one attached hydrogen (secondary N) is 3. The molecule has 0 aliphatic carbocycles. The number of nitrogens with zero attached hydrogens (tertiary/aromatic N) is 2. The lowest BCUT2D eigenvalue weighted by atomic mass is 10.1. The van der Waals surface area contributed by atoms with Gasteiger partial charge in [-0.05, 0) is 18.6 Å². The number of aromatic amines is 1. The molecule has 2 heterocycles. The van der Waals surface area contributed by atoms with Crippen LogP contribution in [0.3, 0.4) is 0 Å². The van der Waals surface area contributed by atoms with E-state index in [-0.39, 0.29) is 6.42 Å². The van der Waals surface area contributed by atoms with Crippen molar-refractivity contribution in [1.29, 1.82) is 0 Å². The van der Waals surface area contributed by atoms with Crippen molar-refractivity contribution in [2.75, 3.05) is 5.32 Å². The molecular formula is C13H15N5O3. The third kappa shape index (κ3) is 4.03. The van der Waals surface area contributed by atoms with Gasteiger partial charge in [-0.15, -0.1) is 0 Å². The molecule has 1 atom stereocenters. The highest BCUT2D eigenvalue weighted by Crippen LogP contribution is 2.11. The van der Waals surface area contributed by atoms with E-state index < -0.39 is 18.0 Å². The number of imidazole rings is 1. The molecule has 0 aromatic carbocycles. The lowest BCUT2D eigenvalue weighted by molar-refractivity contribution is -0.139. The highest BCUT2D eigenvalue weighted by molar-refractivity contribution is 5.92. The van der Waals surface area contributed by atoms with E-state index in [9.17, 15) is 9.59 Å². The fraction of sp³-hybridized carbons (Fsp3) is 0.231. The summed E-state index contributed by atoms with van der Waals surface area (Å²) >= 11 is 0. The summed E-state index contributed by atoms with van der Waals surface area (Å²) in [5.41, 5.74) is 1.99. The third-order valence-electron chi connectivity index (χ3n) is 2.87. The third-order valence-corrected chi connectivity index (χ3v) is 2.87. The van der Waals surface area contributed by atoms with Gasteiger partial charge >= 0.3 is 12.0 Å². The molecule has 0 saturated carbocycles. The van der Waals surface area contributed by atoms with Gasteiger partial charge in [0.15, 0.2) is 0 Å². The molecule has 110 valence electrons. The zero-order chi connectivity index (χ0) is 15.2. The first-order valence-electron chi connectivity index (χ1n) is 6.24. The van der Waals surface area contributed by atoms with Gasteiger partial charge < -0.3 is 20.7 Å². The van der Waals surface area contributed by atoms with Crippen LogP contribution in [0.2, 0.25) is 0 Å². The molecule has 0 radical (unpaired) electrons. The van der Waals surface area contributed by atoms with Gasteiger partial charge in [0.05, 0.1) is 18.2 Å². The number of urea groups is 1. The van der Waals surface area contributed by atoms with Crippen LogP contribution in [0.25, 0.3) is 0 Å². The normalized spacial score (nSPS) is 11.7. The van der Waals surface area contributed by atoms with Crippen molar-refractivity contribution in [2.45, 2.75) is 19.4 Å². The van der Waals surface area contributed by atoms with E-state index in [4.69, 9.17) is 5.11 Å². The molecule has 0 fully saturated rings. The average molecular weight is 289 g/mol. The van der Waals surface area contributed by atoms with Crippen molar-refractivity contribution >= 4 is 17.7 Å². The Morgan fingerprint density at radius 3 is 2.81 bits per heavy atom. The number of anilines is 1. The fourth-order valence-electron chi connectivity index (χ4n) is 1.73. The van der Waals surface area contributed by atoms with Crippen LogP contribution < -0.4 is 10.6 Å². The van der Waals surface area contributed by atoms with Gasteiger partial charge in [-0.3, -0.25) is 4.98 Å². The number of carbonyl (C=O) groups is 2. The number of pyridine rings is 1. The summed E-state index contributed by atoms with van der Waals surface area (Å²) in [5.74, 6) is -1.12. The summed E-state index contributed by atoms with van der Waals surface area (Å²) in [4.78, 5) is 33.6. The molecule has 2 amide bonds. The number of hydrogen-bond donors (Lipinski definition) is 4. The molecule has 0 unspecified atom stereocenters. The topological polar surface area (TPSA) is 120 Å². The van der Waals surface area contributed by atoms with Gasteiger partial charge in [-0.1, -0.05) is 0 Å². The van der Waals surface area contributed by atoms with Gasteiger partial charge in [-0.2, -0.15) is 0 Å². The molecule has 2 aromatic heterocycles. The van der Waals surface area contributed by atoms with Crippen molar-refractivity contribution in [3.63, 3.8) is 0 Å². The quantitative estimate of drug-likeness (QED) is 0.652. The van der Waals surface area contributed by atoms with Gasteiger partial charge in [0, 0.05) is 24.5 Å². The Morgan fingerprint density at radius 1 is 1.38 bits per heavy atom. The number of aliphatic carboxylic acids is 1. The molecule has 0 aliphatic heterocycles. The number of aromatic nitrogens is 3. The minimum absolute atomic E-state index is 0.120. The van der Waals surface area contributed by atoms with Crippen molar-refractivity contribution in [3.8, 4) is 0 Å². The number of amides is 2. The Balaban J connectivity index is 1.98. The van der Waals surface area contributed by atoms with Gasteiger partial charge in [0.2, 0.25) is 0 Å². The monoisotopic (exact) mass is 289 g/mol. The second kappa shape index (κ2) is 6.51. The molecule has 21 heavy (non-hydrogen) atoms. The van der Waals surface area contributed by atoms with Crippen molar-refractivity contribution in [3.05, 3.63) is 42.2 Å². The molecular weight excluding hydrogens is 274 g/mol. The largest absolute Gasteiger partial charge is 0.480 e. The molecule has 0 aliphatic rings. The van der Waals surface area contributed by atoms with E-state index in [1.807, 2.05) is 6.92 Å². The zero-order valence-electron chi connectivity index (χ0n) is 11.3. The number of carboxylic acid groups (broad SMARTS) is 1. The second-order valence-electron chi connectivity index (χ2n) is 4.46. The predicted molar refractivity (Wildman–Crippen MR) is 74.8 cm³/mol. The highest BCUT2D eigenvalue weighted by Gasteiger charge is 2.21. The first-order valence-corrected chi connectivity index (χ1v) is 6.24. The maximum absolute atomic E-state index is 11.9. The maximum atomic E-state index is 11.9. The van der Waals surface area contributed by atoms with E-state index in [0.29, 0.717) is 11.4 Å². The number of H-pyrrole nitrogens is 1. The summed E-state index contributed by atoms with van der Waals surface area (Å²) in [6.45, 7) is 1.82. The summed E-state index contributed by atoms with van der Waals surface area (Å²) in [6, 6.07) is 0.0926. The first kappa shape index (κ1) is 14.5. The summed E-state index contributed by atoms with van der Waals surface area (Å²) in [7, 11) is 0. The lowest BCUT2D eigenvalue weighted by Crippen LogP contribution is -2.44. The van der Waals surface area contributed by atoms with E-state index in [1.54, 1.807) is 12.3 Å².